The summed E-state index contributed by atoms with van der Waals surface area (Å²) in [5, 5.41) is 10.6. The molecular weight excluding hydrogens is 305 g/mol. The monoisotopic (exact) mass is 311 g/mol. The molecule has 82 valence electrons. The van der Waals surface area contributed by atoms with Crippen LogP contribution in [0, 0.1) is 0 Å². The zero-order chi connectivity index (χ0) is 11.6. The van der Waals surface area contributed by atoms with Crippen molar-refractivity contribution in [2.24, 2.45) is 5.73 Å². The third-order valence-corrected chi connectivity index (χ3v) is 3.34. The van der Waals surface area contributed by atoms with E-state index < -0.39 is 11.5 Å². The molecule has 1 atom stereocenters. The molecule has 1 aromatic carbocycles. The number of carbonyl (C=O) groups is 1. The summed E-state index contributed by atoms with van der Waals surface area (Å²) >= 11 is 14.6. The van der Waals surface area contributed by atoms with Gasteiger partial charge in [0.15, 0.2) is 5.60 Å². The van der Waals surface area contributed by atoms with Crippen LogP contribution in [0.4, 0.5) is 0 Å². The molecular formula is C9H8BrCl2NO2. The second kappa shape index (κ2) is 4.70. The van der Waals surface area contributed by atoms with Gasteiger partial charge in [0.25, 0.3) is 5.91 Å². The number of aliphatic hydroxyl groups is 1. The van der Waals surface area contributed by atoms with Crippen LogP contribution in [-0.4, -0.2) is 16.3 Å². The molecule has 0 saturated heterocycles. The highest BCUT2D eigenvalue weighted by atomic mass is 79.9. The lowest BCUT2D eigenvalue weighted by Gasteiger charge is -2.23. The van der Waals surface area contributed by atoms with E-state index in [-0.39, 0.29) is 15.9 Å². The summed E-state index contributed by atoms with van der Waals surface area (Å²) in [6.45, 7) is 0. The van der Waals surface area contributed by atoms with Crippen LogP contribution < -0.4 is 5.73 Å². The largest absolute Gasteiger partial charge is 0.375 e. The van der Waals surface area contributed by atoms with Crippen molar-refractivity contribution >= 4 is 45.0 Å². The molecule has 1 unspecified atom stereocenters. The first-order chi connectivity index (χ1) is 6.91. The van der Waals surface area contributed by atoms with Gasteiger partial charge in [-0.25, -0.2) is 0 Å². The summed E-state index contributed by atoms with van der Waals surface area (Å²) in [4.78, 5) is 11.1. The number of benzene rings is 1. The Kier molecular flexibility index (Phi) is 4.00. The second-order valence-corrected chi connectivity index (χ2v) is 4.39. The number of alkyl halides is 1. The van der Waals surface area contributed by atoms with Crippen LogP contribution in [0.3, 0.4) is 0 Å². The first-order valence-corrected chi connectivity index (χ1v) is 5.83. The summed E-state index contributed by atoms with van der Waals surface area (Å²) in [7, 11) is 0. The number of primary amides is 1. The molecule has 0 aliphatic rings. The van der Waals surface area contributed by atoms with Crippen molar-refractivity contribution in [1.29, 1.82) is 0 Å². The highest BCUT2D eigenvalue weighted by Crippen LogP contribution is 2.31. The molecule has 0 aliphatic carbocycles. The van der Waals surface area contributed by atoms with Gasteiger partial charge in [0.05, 0.1) is 0 Å². The predicted molar refractivity (Wildman–Crippen MR) is 63.3 cm³/mol. The van der Waals surface area contributed by atoms with Gasteiger partial charge in [0.1, 0.15) is 0 Å². The fourth-order valence-corrected chi connectivity index (χ4v) is 2.24. The molecule has 1 amide bonds. The topological polar surface area (TPSA) is 63.3 Å². The molecule has 15 heavy (non-hydrogen) atoms. The minimum Gasteiger partial charge on any atom is -0.375 e. The van der Waals surface area contributed by atoms with Crippen molar-refractivity contribution in [2.45, 2.75) is 5.60 Å². The highest BCUT2D eigenvalue weighted by molar-refractivity contribution is 9.09. The van der Waals surface area contributed by atoms with Crippen molar-refractivity contribution in [3.05, 3.63) is 33.8 Å². The van der Waals surface area contributed by atoms with Crippen LogP contribution in [-0.2, 0) is 10.4 Å². The van der Waals surface area contributed by atoms with E-state index in [2.05, 4.69) is 15.9 Å². The minimum atomic E-state index is -1.82. The van der Waals surface area contributed by atoms with Crippen molar-refractivity contribution in [2.75, 3.05) is 5.33 Å². The van der Waals surface area contributed by atoms with Gasteiger partial charge in [0, 0.05) is 20.9 Å². The Balaban J connectivity index is 3.30. The molecule has 0 aliphatic heterocycles. The summed E-state index contributed by atoms with van der Waals surface area (Å²) in [6.07, 6.45) is 0. The number of nitrogens with two attached hydrogens (primary N) is 1. The predicted octanol–water partition coefficient (Wildman–Crippen LogP) is 2.06. The molecule has 3 N–H and O–H groups in total. The van der Waals surface area contributed by atoms with Gasteiger partial charge in [-0.15, -0.1) is 0 Å². The molecule has 0 bridgehead atoms. The summed E-state index contributed by atoms with van der Waals surface area (Å²) in [6, 6.07) is 4.44. The highest BCUT2D eigenvalue weighted by Gasteiger charge is 2.36. The molecule has 0 saturated carbocycles. The van der Waals surface area contributed by atoms with Crippen molar-refractivity contribution in [3.8, 4) is 0 Å². The lowest BCUT2D eigenvalue weighted by atomic mass is 9.95. The van der Waals surface area contributed by atoms with Crippen molar-refractivity contribution in [1.82, 2.24) is 0 Å². The van der Waals surface area contributed by atoms with Gasteiger partial charge < -0.3 is 10.8 Å². The van der Waals surface area contributed by atoms with E-state index in [9.17, 15) is 9.90 Å². The summed E-state index contributed by atoms with van der Waals surface area (Å²) in [5.41, 5.74) is 3.53. The van der Waals surface area contributed by atoms with Crippen molar-refractivity contribution < 1.29 is 9.90 Å². The Morgan fingerprint density at radius 1 is 1.53 bits per heavy atom. The Morgan fingerprint density at radius 2 is 2.13 bits per heavy atom. The number of rotatable bonds is 3. The second-order valence-electron chi connectivity index (χ2n) is 2.98. The third kappa shape index (κ3) is 2.45. The first kappa shape index (κ1) is 12.8. The summed E-state index contributed by atoms with van der Waals surface area (Å²) in [5.74, 6) is -0.872. The van der Waals surface area contributed by atoms with E-state index in [1.807, 2.05) is 0 Å². The molecule has 1 rings (SSSR count). The molecule has 0 aromatic heterocycles. The van der Waals surface area contributed by atoms with Crippen LogP contribution in [0.5, 0.6) is 0 Å². The molecule has 1 aromatic rings. The standard InChI is InChI=1S/C9H8BrCl2NO2/c10-4-9(15,8(13)14)6-2-1-5(11)3-7(6)12/h1-3,15H,4H2,(H2,13,14). The SMILES string of the molecule is NC(=O)C(O)(CBr)c1ccc(Cl)cc1Cl. The smallest absolute Gasteiger partial charge is 0.254 e. The van der Waals surface area contributed by atoms with E-state index in [4.69, 9.17) is 28.9 Å². The zero-order valence-corrected chi connectivity index (χ0v) is 10.6. The van der Waals surface area contributed by atoms with Crippen LogP contribution >= 0.6 is 39.1 Å². The minimum absolute atomic E-state index is 0.0311. The molecule has 6 heteroatoms. The first-order valence-electron chi connectivity index (χ1n) is 3.95. The Hall–Kier alpha value is -0.290. The number of carbonyl (C=O) groups excluding carboxylic acids is 1. The lowest BCUT2D eigenvalue weighted by molar-refractivity contribution is -0.134. The average Bonchev–Trinajstić information content (AvgIpc) is 2.16. The third-order valence-electron chi connectivity index (χ3n) is 1.98. The lowest BCUT2D eigenvalue weighted by Crippen LogP contribution is -2.42. The van der Waals surface area contributed by atoms with E-state index in [0.29, 0.717) is 5.02 Å². The number of halogens is 3. The molecule has 3 nitrogen and oxygen atoms in total. The van der Waals surface area contributed by atoms with Gasteiger partial charge in [-0.3, -0.25) is 4.79 Å². The maximum absolute atomic E-state index is 11.1. The molecule has 0 fully saturated rings. The van der Waals surface area contributed by atoms with E-state index in [1.54, 1.807) is 0 Å². The number of hydrogen-bond acceptors (Lipinski definition) is 2. The number of hydrogen-bond donors (Lipinski definition) is 2. The van der Waals surface area contributed by atoms with Crippen LogP contribution in [0.2, 0.25) is 10.0 Å². The fourth-order valence-electron chi connectivity index (χ4n) is 1.10. The van der Waals surface area contributed by atoms with Gasteiger partial charge in [-0.1, -0.05) is 45.2 Å². The summed E-state index contributed by atoms with van der Waals surface area (Å²) < 4.78 is 0. The zero-order valence-electron chi connectivity index (χ0n) is 7.51. The van der Waals surface area contributed by atoms with Gasteiger partial charge in [0.2, 0.25) is 0 Å². The average molecular weight is 313 g/mol. The van der Waals surface area contributed by atoms with Gasteiger partial charge >= 0.3 is 0 Å². The van der Waals surface area contributed by atoms with E-state index >= 15 is 0 Å². The van der Waals surface area contributed by atoms with Crippen LogP contribution in [0.15, 0.2) is 18.2 Å². The Morgan fingerprint density at radius 3 is 2.53 bits per heavy atom. The Bertz CT molecular complexity index is 400. The number of amides is 1. The normalized spacial score (nSPS) is 14.7. The van der Waals surface area contributed by atoms with E-state index in [1.165, 1.54) is 18.2 Å². The van der Waals surface area contributed by atoms with E-state index in [0.717, 1.165) is 0 Å². The van der Waals surface area contributed by atoms with Gasteiger partial charge in [-0.05, 0) is 12.1 Å². The van der Waals surface area contributed by atoms with Crippen LogP contribution in [0.1, 0.15) is 5.56 Å². The Labute approximate surface area is 105 Å². The quantitative estimate of drug-likeness (QED) is 0.839. The van der Waals surface area contributed by atoms with Gasteiger partial charge in [-0.2, -0.15) is 0 Å². The van der Waals surface area contributed by atoms with Crippen LogP contribution in [0.25, 0.3) is 0 Å². The molecule has 0 spiro atoms. The molecule has 0 heterocycles. The fraction of sp³-hybridized carbons (Fsp3) is 0.222. The maximum Gasteiger partial charge on any atom is 0.254 e. The van der Waals surface area contributed by atoms with Crippen molar-refractivity contribution in [3.63, 3.8) is 0 Å². The maximum atomic E-state index is 11.1. The molecule has 0 radical (unpaired) electrons.